The molecule has 2 N–H and O–H groups in total. The van der Waals surface area contributed by atoms with Crippen LogP contribution in [0.25, 0.3) is 0 Å². The zero-order valence-corrected chi connectivity index (χ0v) is 17.7. The van der Waals surface area contributed by atoms with Crippen molar-refractivity contribution in [2.24, 2.45) is 5.92 Å². The monoisotopic (exact) mass is 397 g/mol. The van der Waals surface area contributed by atoms with Crippen LogP contribution in [0.4, 0.5) is 0 Å². The van der Waals surface area contributed by atoms with Crippen molar-refractivity contribution in [1.29, 1.82) is 0 Å². The molecule has 0 aromatic heterocycles. The van der Waals surface area contributed by atoms with Gasteiger partial charge in [0.15, 0.2) is 11.5 Å². The Morgan fingerprint density at radius 2 is 1.79 bits per heavy atom. The van der Waals surface area contributed by atoms with Gasteiger partial charge < -0.3 is 19.9 Å². The van der Waals surface area contributed by atoms with Gasteiger partial charge in [-0.1, -0.05) is 44.2 Å². The molecule has 2 aromatic rings. The Labute approximate surface area is 173 Å². The first-order valence-electron chi connectivity index (χ1n) is 10.2. The Bertz CT molecular complexity index is 849. The van der Waals surface area contributed by atoms with E-state index in [0.717, 1.165) is 17.5 Å². The highest BCUT2D eigenvalue weighted by molar-refractivity contribution is 5.77. The topological polar surface area (TPSA) is 67.8 Å². The van der Waals surface area contributed by atoms with E-state index in [9.17, 15) is 9.90 Å². The highest BCUT2D eigenvalue weighted by Crippen LogP contribution is 2.42. The van der Waals surface area contributed by atoms with E-state index in [4.69, 9.17) is 9.47 Å². The lowest BCUT2D eigenvalue weighted by Gasteiger charge is -2.26. The number of rotatable bonds is 8. The van der Waals surface area contributed by atoms with Crippen LogP contribution in [0.5, 0.6) is 11.5 Å². The second-order valence-electron chi connectivity index (χ2n) is 8.14. The lowest BCUT2D eigenvalue weighted by molar-refractivity contribution is -0.123. The third-order valence-electron chi connectivity index (χ3n) is 5.93. The molecule has 0 aliphatic heterocycles. The quantitative estimate of drug-likeness (QED) is 0.711. The van der Waals surface area contributed by atoms with Crippen molar-refractivity contribution < 1.29 is 19.4 Å². The number of hydrogen-bond acceptors (Lipinski definition) is 4. The summed E-state index contributed by atoms with van der Waals surface area (Å²) >= 11 is 0. The summed E-state index contributed by atoms with van der Waals surface area (Å²) in [5, 5.41) is 14.2. The predicted molar refractivity (Wildman–Crippen MR) is 113 cm³/mol. The molecular weight excluding hydrogens is 366 g/mol. The van der Waals surface area contributed by atoms with Gasteiger partial charge in [-0.3, -0.25) is 4.79 Å². The van der Waals surface area contributed by atoms with Crippen LogP contribution in [-0.2, 0) is 16.8 Å². The van der Waals surface area contributed by atoms with Crippen LogP contribution in [0.3, 0.4) is 0 Å². The fourth-order valence-corrected chi connectivity index (χ4v) is 4.18. The molecule has 1 aliphatic rings. The van der Waals surface area contributed by atoms with E-state index in [1.54, 1.807) is 14.2 Å². The van der Waals surface area contributed by atoms with Crippen molar-refractivity contribution in [3.05, 3.63) is 59.2 Å². The maximum atomic E-state index is 12.7. The minimum absolute atomic E-state index is 0.0464. The highest BCUT2D eigenvalue weighted by Gasteiger charge is 2.38. The average molecular weight is 398 g/mol. The molecule has 0 heterocycles. The number of ether oxygens (including phenoxy) is 2. The fraction of sp³-hybridized carbons (Fsp3) is 0.458. The average Bonchev–Trinajstić information content (AvgIpc) is 3.06. The van der Waals surface area contributed by atoms with Gasteiger partial charge in [0.05, 0.1) is 20.8 Å². The molecule has 2 aromatic carbocycles. The van der Waals surface area contributed by atoms with Crippen LogP contribution in [0, 0.1) is 5.92 Å². The van der Waals surface area contributed by atoms with E-state index in [0.29, 0.717) is 30.3 Å². The number of methoxy groups -OCH3 is 2. The molecule has 2 atom stereocenters. The van der Waals surface area contributed by atoms with Crippen LogP contribution < -0.4 is 14.8 Å². The third kappa shape index (κ3) is 4.56. The molecule has 0 radical (unpaired) electrons. The summed E-state index contributed by atoms with van der Waals surface area (Å²) in [4.78, 5) is 12.7. The molecule has 156 valence electrons. The second kappa shape index (κ2) is 8.87. The predicted octanol–water partition coefficient (Wildman–Crippen LogP) is 3.78. The number of carbonyl (C=O) groups excluding carboxylic acids is 1. The fourth-order valence-electron chi connectivity index (χ4n) is 4.18. The summed E-state index contributed by atoms with van der Waals surface area (Å²) in [6.45, 7) is 4.45. The molecule has 0 spiro atoms. The van der Waals surface area contributed by atoms with Crippen molar-refractivity contribution in [1.82, 2.24) is 5.32 Å². The molecule has 1 aliphatic carbocycles. The summed E-state index contributed by atoms with van der Waals surface area (Å²) in [5.41, 5.74) is 1.91. The summed E-state index contributed by atoms with van der Waals surface area (Å²) < 4.78 is 10.7. The maximum Gasteiger partial charge on any atom is 0.220 e. The minimum atomic E-state index is -1.09. The minimum Gasteiger partial charge on any atom is -0.493 e. The molecule has 0 bridgehead atoms. The summed E-state index contributed by atoms with van der Waals surface area (Å²) in [6.07, 6.45) is 1.70. The number of benzene rings is 2. The highest BCUT2D eigenvalue weighted by atomic mass is 16.5. The zero-order valence-electron chi connectivity index (χ0n) is 17.7. The number of aryl methyl sites for hydroxylation is 1. The largest absolute Gasteiger partial charge is 0.493 e. The van der Waals surface area contributed by atoms with Gasteiger partial charge in [-0.05, 0) is 53.5 Å². The summed E-state index contributed by atoms with van der Waals surface area (Å²) in [6, 6.07) is 13.9. The SMILES string of the molecule is COc1cc2c(cc1OC)C(O)(CNC(=O)CC(c1ccccc1)C(C)C)CC2. The Hall–Kier alpha value is -2.53. The third-order valence-corrected chi connectivity index (χ3v) is 5.93. The summed E-state index contributed by atoms with van der Waals surface area (Å²) in [7, 11) is 3.18. The number of hydrogen-bond donors (Lipinski definition) is 2. The van der Waals surface area contributed by atoms with E-state index >= 15 is 0 Å². The molecule has 1 amide bonds. The molecule has 5 heteroatoms. The molecule has 0 saturated carbocycles. The normalized spacial score (nSPS) is 19.0. The number of amides is 1. The lowest BCUT2D eigenvalue weighted by Crippen LogP contribution is -2.40. The van der Waals surface area contributed by atoms with Gasteiger partial charge >= 0.3 is 0 Å². The zero-order chi connectivity index (χ0) is 21.0. The number of carbonyl (C=O) groups is 1. The van der Waals surface area contributed by atoms with E-state index in [1.165, 1.54) is 5.56 Å². The van der Waals surface area contributed by atoms with Gasteiger partial charge in [0.2, 0.25) is 5.91 Å². The number of nitrogens with one attached hydrogen (secondary N) is 1. The molecular formula is C24H31NO4. The van der Waals surface area contributed by atoms with Gasteiger partial charge in [-0.25, -0.2) is 0 Å². The molecule has 0 fully saturated rings. The molecule has 29 heavy (non-hydrogen) atoms. The van der Waals surface area contributed by atoms with Crippen molar-refractivity contribution in [3.63, 3.8) is 0 Å². The van der Waals surface area contributed by atoms with E-state index in [2.05, 4.69) is 31.3 Å². The Morgan fingerprint density at radius 1 is 1.14 bits per heavy atom. The van der Waals surface area contributed by atoms with Crippen molar-refractivity contribution in [2.75, 3.05) is 20.8 Å². The van der Waals surface area contributed by atoms with Crippen molar-refractivity contribution in [2.45, 2.75) is 44.6 Å². The Morgan fingerprint density at radius 3 is 2.41 bits per heavy atom. The van der Waals surface area contributed by atoms with Crippen LogP contribution in [-0.4, -0.2) is 31.8 Å². The summed E-state index contributed by atoms with van der Waals surface area (Å²) in [5.74, 6) is 1.68. The van der Waals surface area contributed by atoms with E-state index in [1.807, 2.05) is 30.3 Å². The van der Waals surface area contributed by atoms with Crippen molar-refractivity contribution >= 4 is 5.91 Å². The van der Waals surface area contributed by atoms with Gasteiger partial charge in [0.25, 0.3) is 0 Å². The Balaban J connectivity index is 1.69. The van der Waals surface area contributed by atoms with Crippen LogP contribution in [0.15, 0.2) is 42.5 Å². The number of aliphatic hydroxyl groups is 1. The maximum absolute atomic E-state index is 12.7. The van der Waals surface area contributed by atoms with Gasteiger partial charge in [-0.15, -0.1) is 0 Å². The van der Waals surface area contributed by atoms with Crippen LogP contribution >= 0.6 is 0 Å². The smallest absolute Gasteiger partial charge is 0.220 e. The first-order valence-corrected chi connectivity index (χ1v) is 10.2. The first-order chi connectivity index (χ1) is 13.9. The molecule has 5 nitrogen and oxygen atoms in total. The number of fused-ring (bicyclic) bond motifs is 1. The lowest BCUT2D eigenvalue weighted by atomic mass is 9.85. The molecule has 3 rings (SSSR count). The van der Waals surface area contributed by atoms with Crippen LogP contribution in [0.1, 0.15) is 49.3 Å². The second-order valence-corrected chi connectivity index (χ2v) is 8.14. The molecule has 0 saturated heterocycles. The van der Waals surface area contributed by atoms with Crippen LogP contribution in [0.2, 0.25) is 0 Å². The Kier molecular flexibility index (Phi) is 6.48. The van der Waals surface area contributed by atoms with E-state index < -0.39 is 5.60 Å². The molecule has 2 unspecified atom stereocenters. The van der Waals surface area contributed by atoms with Gasteiger partial charge in [-0.2, -0.15) is 0 Å². The van der Waals surface area contributed by atoms with Gasteiger partial charge in [0.1, 0.15) is 5.60 Å². The van der Waals surface area contributed by atoms with Crippen molar-refractivity contribution in [3.8, 4) is 11.5 Å². The van der Waals surface area contributed by atoms with Gasteiger partial charge in [0, 0.05) is 6.42 Å². The first kappa shape index (κ1) is 21.2. The standard InChI is InChI=1S/C24H31NO4/c1-16(2)19(17-8-6-5-7-9-17)13-23(26)25-15-24(27)11-10-18-12-21(28-3)22(29-4)14-20(18)24/h5-9,12,14,16,19,27H,10-11,13,15H2,1-4H3,(H,25,26). The van der Waals surface area contributed by atoms with E-state index in [-0.39, 0.29) is 18.4 Å².